The van der Waals surface area contributed by atoms with Crippen LogP contribution in [0.5, 0.6) is 0 Å². The van der Waals surface area contributed by atoms with Crippen LogP contribution in [0.1, 0.15) is 88.0 Å². The second-order valence-electron chi connectivity index (χ2n) is 12.4. The second-order valence-corrected chi connectivity index (χ2v) is 12.4. The molecule has 4 aromatic rings. The Hall–Kier alpha value is -4.52. The van der Waals surface area contributed by atoms with Crippen LogP contribution < -0.4 is 5.32 Å². The maximum absolute atomic E-state index is 13.1. The molecule has 0 saturated heterocycles. The number of benzene rings is 3. The number of rotatable bonds is 10. The predicted octanol–water partition coefficient (Wildman–Crippen LogP) is 8.06. The van der Waals surface area contributed by atoms with Gasteiger partial charge >= 0.3 is 5.97 Å². The number of allylic oxidation sites excluding steroid dienone is 1. The van der Waals surface area contributed by atoms with Gasteiger partial charge in [0.1, 0.15) is 17.7 Å². The molecule has 0 fully saturated rings. The van der Waals surface area contributed by atoms with Gasteiger partial charge in [-0.25, -0.2) is 9.78 Å². The minimum absolute atomic E-state index is 0.203. The van der Waals surface area contributed by atoms with Crippen molar-refractivity contribution in [1.29, 1.82) is 0 Å². The number of hydrogen-bond donors (Lipinski definition) is 1. The van der Waals surface area contributed by atoms with Gasteiger partial charge in [0.15, 0.2) is 0 Å². The molecule has 1 aliphatic carbocycles. The van der Waals surface area contributed by atoms with Crippen molar-refractivity contribution in [2.24, 2.45) is 0 Å². The van der Waals surface area contributed by atoms with Crippen molar-refractivity contribution in [3.05, 3.63) is 94.8 Å². The highest BCUT2D eigenvalue weighted by atomic mass is 16.6. The van der Waals surface area contributed by atoms with E-state index < -0.39 is 5.60 Å². The van der Waals surface area contributed by atoms with Crippen LogP contribution in [0.3, 0.4) is 0 Å². The van der Waals surface area contributed by atoms with Crippen molar-refractivity contribution in [3.8, 4) is 11.1 Å². The van der Waals surface area contributed by atoms with Crippen LogP contribution in [-0.2, 0) is 27.3 Å². The Kier molecular flexibility index (Phi) is 9.43. The number of nitrogens with zero attached hydrogens (tertiary/aromatic N) is 2. The molecule has 0 radical (unpaired) electrons. The molecular weight excluding hydrogens is 550 g/mol. The average molecular weight is 592 g/mol. The van der Waals surface area contributed by atoms with Gasteiger partial charge < -0.3 is 14.6 Å². The van der Waals surface area contributed by atoms with E-state index in [4.69, 9.17) is 9.72 Å². The van der Waals surface area contributed by atoms with Crippen LogP contribution in [0.25, 0.3) is 22.2 Å². The number of aldehydes is 1. The van der Waals surface area contributed by atoms with Gasteiger partial charge in [0.05, 0.1) is 16.6 Å². The maximum atomic E-state index is 13.1. The quantitative estimate of drug-likeness (QED) is 0.149. The number of carbonyl (C=O) groups excluding carboxylic acids is 3. The van der Waals surface area contributed by atoms with Gasteiger partial charge in [0, 0.05) is 29.8 Å². The Labute approximate surface area is 259 Å². The van der Waals surface area contributed by atoms with E-state index in [1.807, 2.05) is 69.3 Å². The van der Waals surface area contributed by atoms with E-state index in [9.17, 15) is 14.4 Å². The lowest BCUT2D eigenvalue weighted by atomic mass is 9.92. The summed E-state index contributed by atoms with van der Waals surface area (Å²) in [6, 6.07) is 21.6. The minimum Gasteiger partial charge on any atom is -0.456 e. The van der Waals surface area contributed by atoms with Gasteiger partial charge in [-0.3, -0.25) is 9.59 Å². The summed E-state index contributed by atoms with van der Waals surface area (Å²) in [7, 11) is 0. The smallest absolute Gasteiger partial charge is 0.339 e. The highest BCUT2D eigenvalue weighted by Crippen LogP contribution is 2.29. The summed E-state index contributed by atoms with van der Waals surface area (Å²) in [5.41, 5.74) is 6.54. The normalized spacial score (nSPS) is 13.6. The van der Waals surface area contributed by atoms with Crippen LogP contribution in [0.2, 0.25) is 0 Å². The number of esters is 1. The lowest BCUT2D eigenvalue weighted by molar-refractivity contribution is -0.113. The lowest BCUT2D eigenvalue weighted by Gasteiger charge is -2.20. The Bertz CT molecular complexity index is 1710. The third-order valence-corrected chi connectivity index (χ3v) is 7.92. The molecule has 44 heavy (non-hydrogen) atoms. The molecule has 1 aromatic heterocycles. The van der Waals surface area contributed by atoms with E-state index in [0.717, 1.165) is 71.9 Å². The summed E-state index contributed by atoms with van der Waals surface area (Å²) in [6.07, 6.45) is 6.90. The van der Waals surface area contributed by atoms with Crippen LogP contribution >= 0.6 is 0 Å². The van der Waals surface area contributed by atoms with Gasteiger partial charge in [0.25, 0.3) is 5.91 Å². The maximum Gasteiger partial charge on any atom is 0.339 e. The van der Waals surface area contributed by atoms with Crippen molar-refractivity contribution in [1.82, 2.24) is 9.55 Å². The number of anilines is 1. The topological polar surface area (TPSA) is 90.3 Å². The molecule has 1 amide bonds. The SMILES string of the molecule is CCCCc1nc2ccc(NC(=O)C3=C(C=O)CCCC3)cc2n1Cc1ccc(-c2ccccc2C(=O)OC(C)(C)C)cc1. The van der Waals surface area contributed by atoms with E-state index in [-0.39, 0.29) is 11.9 Å². The number of fused-ring (bicyclic) bond motifs is 1. The molecule has 1 aliphatic rings. The zero-order valence-electron chi connectivity index (χ0n) is 26.1. The van der Waals surface area contributed by atoms with E-state index >= 15 is 0 Å². The number of nitrogens with one attached hydrogen (secondary N) is 1. The molecular formula is C37H41N3O4. The molecule has 0 atom stereocenters. The Morgan fingerprint density at radius 3 is 2.48 bits per heavy atom. The highest BCUT2D eigenvalue weighted by molar-refractivity contribution is 6.07. The Balaban J connectivity index is 1.43. The molecule has 1 N–H and O–H groups in total. The summed E-state index contributed by atoms with van der Waals surface area (Å²) in [5, 5.41) is 3.03. The molecule has 5 rings (SSSR count). The number of hydrogen-bond acceptors (Lipinski definition) is 5. The number of amides is 1. The fraction of sp³-hybridized carbons (Fsp3) is 0.351. The van der Waals surface area contributed by atoms with Gasteiger partial charge in [-0.2, -0.15) is 0 Å². The van der Waals surface area contributed by atoms with E-state index in [1.54, 1.807) is 6.07 Å². The largest absolute Gasteiger partial charge is 0.456 e. The Morgan fingerprint density at radius 1 is 1.00 bits per heavy atom. The third-order valence-electron chi connectivity index (χ3n) is 7.92. The molecule has 0 aliphatic heterocycles. The third kappa shape index (κ3) is 7.16. The molecule has 7 nitrogen and oxygen atoms in total. The summed E-state index contributed by atoms with van der Waals surface area (Å²) in [4.78, 5) is 42.5. The Morgan fingerprint density at radius 2 is 1.75 bits per heavy atom. The lowest BCUT2D eigenvalue weighted by Crippen LogP contribution is -2.24. The molecule has 0 unspecified atom stereocenters. The first kappa shape index (κ1) is 30.9. The summed E-state index contributed by atoms with van der Waals surface area (Å²) >= 11 is 0. The zero-order chi connectivity index (χ0) is 31.3. The van der Waals surface area contributed by atoms with E-state index in [1.165, 1.54) is 0 Å². The monoisotopic (exact) mass is 591 g/mol. The first-order chi connectivity index (χ1) is 21.2. The van der Waals surface area contributed by atoms with Crippen LogP contribution in [0.4, 0.5) is 5.69 Å². The number of ether oxygens (including phenoxy) is 1. The number of unbranched alkanes of at least 4 members (excludes halogenated alkanes) is 1. The molecule has 3 aromatic carbocycles. The zero-order valence-corrected chi connectivity index (χ0v) is 26.1. The second kappa shape index (κ2) is 13.4. The standard InChI is InChI=1S/C37H41N3O4/c1-5-6-15-34-39-32-21-20-28(38-35(42)30-13-8-7-11-27(30)24-41)22-33(32)40(34)23-25-16-18-26(19-17-25)29-12-9-10-14-31(29)36(43)44-37(2,3)4/h9-10,12,14,16-22,24H,5-8,11,13,15,23H2,1-4H3,(H,38,42). The fourth-order valence-electron chi connectivity index (χ4n) is 5.70. The van der Waals surface area contributed by atoms with E-state index in [2.05, 4.69) is 28.9 Å². The van der Waals surface area contributed by atoms with Crippen LogP contribution in [0, 0.1) is 0 Å². The molecule has 0 spiro atoms. The highest BCUT2D eigenvalue weighted by Gasteiger charge is 2.22. The first-order valence-electron chi connectivity index (χ1n) is 15.6. The van der Waals surface area contributed by atoms with Crippen molar-refractivity contribution in [3.63, 3.8) is 0 Å². The van der Waals surface area contributed by atoms with Gasteiger partial charge in [-0.05, 0) is 93.8 Å². The fourth-order valence-corrected chi connectivity index (χ4v) is 5.70. The number of imidazole rings is 1. The minimum atomic E-state index is -0.578. The van der Waals surface area contributed by atoms with E-state index in [0.29, 0.717) is 41.8 Å². The summed E-state index contributed by atoms with van der Waals surface area (Å²) < 4.78 is 7.87. The van der Waals surface area contributed by atoms with Gasteiger partial charge in [-0.1, -0.05) is 55.8 Å². The predicted molar refractivity (Wildman–Crippen MR) is 175 cm³/mol. The molecule has 0 bridgehead atoms. The molecule has 0 saturated carbocycles. The van der Waals surface area contributed by atoms with Crippen LogP contribution in [-0.4, -0.2) is 33.3 Å². The first-order valence-corrected chi connectivity index (χ1v) is 15.6. The van der Waals surface area contributed by atoms with Crippen molar-refractivity contribution >= 4 is 34.9 Å². The van der Waals surface area contributed by atoms with Gasteiger partial charge in [-0.15, -0.1) is 0 Å². The van der Waals surface area contributed by atoms with Crippen molar-refractivity contribution in [2.75, 3.05) is 5.32 Å². The van der Waals surface area contributed by atoms with Crippen LogP contribution in [0.15, 0.2) is 77.9 Å². The summed E-state index contributed by atoms with van der Waals surface area (Å²) in [6.45, 7) is 8.38. The summed E-state index contributed by atoms with van der Waals surface area (Å²) in [5.74, 6) is 0.460. The molecule has 7 heteroatoms. The number of carbonyl (C=O) groups is 3. The molecule has 228 valence electrons. The van der Waals surface area contributed by atoms with Crippen molar-refractivity contribution in [2.45, 2.75) is 84.8 Å². The average Bonchev–Trinajstić information content (AvgIpc) is 3.35. The number of aromatic nitrogens is 2. The van der Waals surface area contributed by atoms with Gasteiger partial charge in [0.2, 0.25) is 0 Å². The number of aryl methyl sites for hydroxylation is 1. The van der Waals surface area contributed by atoms with Crippen molar-refractivity contribution < 1.29 is 19.1 Å². The molecule has 1 heterocycles.